The SMILES string of the molecule is CC(c1ccc(Br)cc1)N1CCC(CC(C)(C)CN)OC1=O.Fc1ccccc1. The van der Waals surface area contributed by atoms with Gasteiger partial charge in [-0.05, 0) is 55.1 Å². The highest BCUT2D eigenvalue weighted by atomic mass is 79.9. The molecule has 0 saturated carbocycles. The van der Waals surface area contributed by atoms with Crippen molar-refractivity contribution < 1.29 is 13.9 Å². The zero-order chi connectivity index (χ0) is 21.4. The minimum absolute atomic E-state index is 0.00440. The molecule has 6 heteroatoms. The molecule has 0 aliphatic carbocycles. The van der Waals surface area contributed by atoms with Crippen LogP contribution in [0.2, 0.25) is 0 Å². The third-order valence-corrected chi connectivity index (χ3v) is 5.61. The second-order valence-corrected chi connectivity index (χ2v) is 9.00. The van der Waals surface area contributed by atoms with Gasteiger partial charge in [0.25, 0.3) is 0 Å². The van der Waals surface area contributed by atoms with Crippen LogP contribution >= 0.6 is 15.9 Å². The molecule has 4 nitrogen and oxygen atoms in total. The van der Waals surface area contributed by atoms with Gasteiger partial charge in [-0.25, -0.2) is 9.18 Å². The van der Waals surface area contributed by atoms with Gasteiger partial charge in [-0.15, -0.1) is 0 Å². The summed E-state index contributed by atoms with van der Waals surface area (Å²) in [5.74, 6) is -0.178. The summed E-state index contributed by atoms with van der Waals surface area (Å²) in [5, 5.41) is 0. The van der Waals surface area contributed by atoms with Crippen LogP contribution < -0.4 is 5.73 Å². The first-order valence-electron chi connectivity index (χ1n) is 9.85. The minimum Gasteiger partial charge on any atom is -0.446 e. The Morgan fingerprint density at radius 2 is 1.83 bits per heavy atom. The smallest absolute Gasteiger partial charge is 0.410 e. The number of nitrogens with two attached hydrogens (primary N) is 1. The van der Waals surface area contributed by atoms with Crippen LogP contribution in [0.5, 0.6) is 0 Å². The fourth-order valence-corrected chi connectivity index (χ4v) is 3.44. The average molecular weight is 465 g/mol. The maximum Gasteiger partial charge on any atom is 0.410 e. The van der Waals surface area contributed by atoms with Gasteiger partial charge in [-0.1, -0.05) is 60.1 Å². The van der Waals surface area contributed by atoms with Gasteiger partial charge < -0.3 is 15.4 Å². The monoisotopic (exact) mass is 464 g/mol. The molecule has 3 rings (SSSR count). The summed E-state index contributed by atoms with van der Waals surface area (Å²) in [4.78, 5) is 14.1. The zero-order valence-electron chi connectivity index (χ0n) is 17.3. The lowest BCUT2D eigenvalue weighted by atomic mass is 9.85. The van der Waals surface area contributed by atoms with Crippen LogP contribution in [-0.2, 0) is 4.74 Å². The number of halogens is 2. The van der Waals surface area contributed by atoms with Crippen molar-refractivity contribution in [1.82, 2.24) is 4.90 Å². The number of rotatable bonds is 5. The van der Waals surface area contributed by atoms with E-state index in [-0.39, 0.29) is 29.5 Å². The van der Waals surface area contributed by atoms with E-state index in [1.165, 1.54) is 12.1 Å². The Morgan fingerprint density at radius 3 is 2.31 bits per heavy atom. The molecular weight excluding hydrogens is 435 g/mol. The Labute approximate surface area is 181 Å². The normalized spacial score (nSPS) is 17.8. The van der Waals surface area contributed by atoms with E-state index in [9.17, 15) is 9.18 Å². The molecular formula is C23H30BrFN2O2. The van der Waals surface area contributed by atoms with Gasteiger partial charge in [-0.3, -0.25) is 0 Å². The van der Waals surface area contributed by atoms with E-state index in [4.69, 9.17) is 10.5 Å². The fraction of sp³-hybridized carbons (Fsp3) is 0.435. The van der Waals surface area contributed by atoms with E-state index in [2.05, 4.69) is 29.8 Å². The van der Waals surface area contributed by atoms with Crippen molar-refractivity contribution in [2.24, 2.45) is 11.1 Å². The van der Waals surface area contributed by atoms with Crippen molar-refractivity contribution in [1.29, 1.82) is 0 Å². The van der Waals surface area contributed by atoms with Gasteiger partial charge in [0.05, 0.1) is 6.04 Å². The Balaban J connectivity index is 0.000000360. The predicted octanol–water partition coefficient (Wildman–Crippen LogP) is 5.92. The number of carbonyl (C=O) groups is 1. The van der Waals surface area contributed by atoms with E-state index in [0.29, 0.717) is 6.54 Å². The van der Waals surface area contributed by atoms with Crippen LogP contribution in [0.1, 0.15) is 45.2 Å². The summed E-state index contributed by atoms with van der Waals surface area (Å²) in [6.45, 7) is 7.57. The van der Waals surface area contributed by atoms with Crippen LogP contribution in [0.25, 0.3) is 0 Å². The highest BCUT2D eigenvalue weighted by molar-refractivity contribution is 9.10. The first kappa shape index (κ1) is 23.4. The molecule has 1 amide bonds. The maximum atomic E-state index is 12.3. The van der Waals surface area contributed by atoms with Crippen molar-refractivity contribution in [3.63, 3.8) is 0 Å². The molecule has 2 N–H and O–H groups in total. The van der Waals surface area contributed by atoms with Crippen LogP contribution in [0.15, 0.2) is 59.1 Å². The van der Waals surface area contributed by atoms with Gasteiger partial charge >= 0.3 is 6.09 Å². The molecule has 1 aliphatic heterocycles. The van der Waals surface area contributed by atoms with E-state index in [0.717, 1.165) is 29.4 Å². The second-order valence-electron chi connectivity index (χ2n) is 8.08. The van der Waals surface area contributed by atoms with Crippen LogP contribution in [-0.4, -0.2) is 30.2 Å². The van der Waals surface area contributed by atoms with E-state index >= 15 is 0 Å². The molecule has 0 bridgehead atoms. The number of nitrogens with zero attached hydrogens (tertiary/aromatic N) is 1. The first-order valence-corrected chi connectivity index (χ1v) is 10.6. The van der Waals surface area contributed by atoms with E-state index in [1.807, 2.05) is 31.2 Å². The quantitative estimate of drug-likeness (QED) is 0.596. The van der Waals surface area contributed by atoms with Crippen LogP contribution in [0.4, 0.5) is 9.18 Å². The number of carbonyl (C=O) groups excluding carboxylic acids is 1. The second kappa shape index (κ2) is 10.7. The molecule has 0 radical (unpaired) electrons. The number of ether oxygens (including phenoxy) is 1. The summed E-state index contributed by atoms with van der Waals surface area (Å²) in [7, 11) is 0. The summed E-state index contributed by atoms with van der Waals surface area (Å²) in [6, 6.07) is 16.0. The molecule has 2 aromatic carbocycles. The van der Waals surface area contributed by atoms with Gasteiger partial charge in [0.15, 0.2) is 0 Å². The molecule has 158 valence electrons. The van der Waals surface area contributed by atoms with Gasteiger partial charge in [0, 0.05) is 17.4 Å². The Hall–Kier alpha value is -1.92. The minimum atomic E-state index is -0.223. The summed E-state index contributed by atoms with van der Waals surface area (Å²) < 4.78 is 18.6. The van der Waals surface area contributed by atoms with E-state index in [1.54, 1.807) is 23.1 Å². The highest BCUT2D eigenvalue weighted by Crippen LogP contribution is 2.30. The van der Waals surface area contributed by atoms with Crippen LogP contribution in [0, 0.1) is 11.2 Å². The van der Waals surface area contributed by atoms with Crippen LogP contribution in [0.3, 0.4) is 0 Å². The summed E-state index contributed by atoms with van der Waals surface area (Å²) in [6.07, 6.45) is 1.42. The topological polar surface area (TPSA) is 55.6 Å². The molecule has 1 heterocycles. The predicted molar refractivity (Wildman–Crippen MR) is 118 cm³/mol. The third-order valence-electron chi connectivity index (χ3n) is 5.08. The number of amides is 1. The van der Waals surface area contributed by atoms with Crippen molar-refractivity contribution >= 4 is 22.0 Å². The molecule has 1 aliphatic rings. The van der Waals surface area contributed by atoms with Gasteiger partial charge in [0.1, 0.15) is 11.9 Å². The molecule has 1 saturated heterocycles. The van der Waals surface area contributed by atoms with Crippen molar-refractivity contribution in [3.8, 4) is 0 Å². The van der Waals surface area contributed by atoms with Gasteiger partial charge in [0.2, 0.25) is 0 Å². The average Bonchev–Trinajstić information content (AvgIpc) is 2.69. The number of hydrogen-bond donors (Lipinski definition) is 1. The first-order chi connectivity index (χ1) is 13.7. The molecule has 1 fully saturated rings. The third kappa shape index (κ3) is 7.44. The van der Waals surface area contributed by atoms with Crippen molar-refractivity contribution in [2.45, 2.75) is 45.8 Å². The Bertz CT molecular complexity index is 768. The lowest BCUT2D eigenvalue weighted by molar-refractivity contribution is -0.00341. The Kier molecular flexibility index (Phi) is 8.65. The number of benzene rings is 2. The molecule has 0 spiro atoms. The lowest BCUT2D eigenvalue weighted by Gasteiger charge is -2.38. The molecule has 29 heavy (non-hydrogen) atoms. The van der Waals surface area contributed by atoms with Gasteiger partial charge in [-0.2, -0.15) is 0 Å². The standard InChI is InChI=1S/C17H25BrN2O2.C6H5F/c1-12(13-4-6-14(18)7-5-13)20-9-8-15(22-16(20)21)10-17(2,3)11-19;7-6-4-2-1-3-5-6/h4-7,12,15H,8-11,19H2,1-3H3;1-5H. The lowest BCUT2D eigenvalue weighted by Crippen LogP contribution is -2.45. The number of cyclic esters (lactones) is 1. The molecule has 0 aromatic heterocycles. The highest BCUT2D eigenvalue weighted by Gasteiger charge is 2.33. The Morgan fingerprint density at radius 1 is 1.21 bits per heavy atom. The molecule has 2 aromatic rings. The van der Waals surface area contributed by atoms with Crippen molar-refractivity contribution in [3.05, 3.63) is 70.5 Å². The van der Waals surface area contributed by atoms with E-state index < -0.39 is 0 Å². The summed E-state index contributed by atoms with van der Waals surface area (Å²) in [5.41, 5.74) is 6.88. The molecule has 2 atom stereocenters. The zero-order valence-corrected chi connectivity index (χ0v) is 18.9. The molecule has 2 unspecified atom stereocenters. The van der Waals surface area contributed by atoms with Crippen molar-refractivity contribution in [2.75, 3.05) is 13.1 Å². The maximum absolute atomic E-state index is 12.3. The summed E-state index contributed by atoms with van der Waals surface area (Å²) >= 11 is 3.43. The fourth-order valence-electron chi connectivity index (χ4n) is 3.17. The number of hydrogen-bond acceptors (Lipinski definition) is 3. The largest absolute Gasteiger partial charge is 0.446 e.